The summed E-state index contributed by atoms with van der Waals surface area (Å²) in [6.07, 6.45) is 5.51. The van der Waals surface area contributed by atoms with E-state index in [-0.39, 0.29) is 17.2 Å². The van der Waals surface area contributed by atoms with Gasteiger partial charge in [0.05, 0.1) is 0 Å². The summed E-state index contributed by atoms with van der Waals surface area (Å²) >= 11 is 1.61. The maximum Gasteiger partial charge on any atom is 0.227 e. The van der Waals surface area contributed by atoms with Gasteiger partial charge in [0, 0.05) is 23.4 Å². The molecule has 32 heavy (non-hydrogen) atoms. The minimum Gasteiger partial charge on any atom is -0.328 e. The van der Waals surface area contributed by atoms with Crippen molar-refractivity contribution in [2.75, 3.05) is 5.32 Å². The number of carbonyl (C=O) groups excluding carboxylic acids is 1. The van der Waals surface area contributed by atoms with Crippen molar-refractivity contribution in [1.29, 1.82) is 0 Å². The fourth-order valence-corrected chi connectivity index (χ4v) is 5.14. The van der Waals surface area contributed by atoms with E-state index < -0.39 is 0 Å². The molecule has 0 amide bonds. The molecule has 0 radical (unpaired) electrons. The SMILES string of the molecule is CC1(C)CC(=O)C2=C(C1)Nc1nc(SCc3ccccc3)nn1C2C=Cc1ccccc1. The number of carbonyl (C=O) groups is 1. The Labute approximate surface area is 192 Å². The number of nitrogens with one attached hydrogen (secondary N) is 1. The van der Waals surface area contributed by atoms with Gasteiger partial charge in [0.25, 0.3) is 0 Å². The number of ketones is 1. The molecule has 0 saturated carbocycles. The molecule has 1 N–H and O–H groups in total. The third-order valence-corrected chi connectivity index (χ3v) is 6.74. The number of aromatic nitrogens is 3. The number of Topliss-reactive ketones (excluding diaryl/α,β-unsaturated/α-hetero) is 1. The standard InChI is InChI=1S/C26H26N4OS/c1-26(2)15-20-23(22(31)16-26)21(14-13-18-9-5-3-6-10-18)30-24(27-20)28-25(29-30)32-17-19-11-7-4-8-12-19/h3-14,21H,15-17H2,1-2H3,(H,27,28,29). The Morgan fingerprint density at radius 3 is 2.56 bits per heavy atom. The first-order chi connectivity index (χ1) is 15.5. The summed E-state index contributed by atoms with van der Waals surface area (Å²) in [5, 5.41) is 8.93. The molecule has 0 spiro atoms. The van der Waals surface area contributed by atoms with Crippen LogP contribution in [0.1, 0.15) is 43.9 Å². The van der Waals surface area contributed by atoms with Crippen LogP contribution in [0.15, 0.2) is 83.2 Å². The monoisotopic (exact) mass is 442 g/mol. The molecule has 6 heteroatoms. The molecule has 3 aromatic rings. The lowest BCUT2D eigenvalue weighted by atomic mass is 9.74. The largest absolute Gasteiger partial charge is 0.328 e. The fraction of sp³-hybridized carbons (Fsp3) is 0.269. The highest BCUT2D eigenvalue weighted by Crippen LogP contribution is 2.44. The molecular formula is C26H26N4OS. The molecule has 1 aromatic heterocycles. The lowest BCUT2D eigenvalue weighted by Gasteiger charge is -2.37. The predicted molar refractivity (Wildman–Crippen MR) is 129 cm³/mol. The van der Waals surface area contributed by atoms with E-state index in [0.717, 1.165) is 29.0 Å². The number of fused-ring (bicyclic) bond motifs is 1. The van der Waals surface area contributed by atoms with Crippen molar-refractivity contribution in [3.63, 3.8) is 0 Å². The molecule has 0 saturated heterocycles. The summed E-state index contributed by atoms with van der Waals surface area (Å²) in [4.78, 5) is 18.0. The normalized spacial score (nSPS) is 19.6. The highest BCUT2D eigenvalue weighted by molar-refractivity contribution is 7.98. The van der Waals surface area contributed by atoms with Crippen LogP contribution in [0.25, 0.3) is 6.08 Å². The van der Waals surface area contributed by atoms with E-state index in [2.05, 4.69) is 55.6 Å². The predicted octanol–water partition coefficient (Wildman–Crippen LogP) is 5.89. The van der Waals surface area contributed by atoms with Crippen LogP contribution in [-0.4, -0.2) is 20.5 Å². The Hall–Kier alpha value is -3.12. The Balaban J connectivity index is 1.48. The van der Waals surface area contributed by atoms with E-state index >= 15 is 0 Å². The van der Waals surface area contributed by atoms with Crippen LogP contribution in [0, 0.1) is 5.41 Å². The molecule has 1 unspecified atom stereocenters. The second kappa shape index (κ2) is 8.43. The zero-order chi connectivity index (χ0) is 22.1. The van der Waals surface area contributed by atoms with E-state index in [4.69, 9.17) is 10.1 Å². The van der Waals surface area contributed by atoms with Crippen LogP contribution in [-0.2, 0) is 10.5 Å². The first-order valence-corrected chi connectivity index (χ1v) is 11.9. The van der Waals surface area contributed by atoms with Crippen molar-refractivity contribution in [2.45, 2.75) is 43.6 Å². The maximum absolute atomic E-state index is 13.2. The van der Waals surface area contributed by atoms with Crippen molar-refractivity contribution < 1.29 is 4.79 Å². The van der Waals surface area contributed by atoms with Gasteiger partial charge < -0.3 is 5.32 Å². The number of nitrogens with zero attached hydrogens (tertiary/aromatic N) is 3. The van der Waals surface area contributed by atoms with Gasteiger partial charge >= 0.3 is 0 Å². The minimum absolute atomic E-state index is 0.0658. The van der Waals surface area contributed by atoms with Crippen LogP contribution in [0.5, 0.6) is 0 Å². The molecule has 2 aliphatic rings. The van der Waals surface area contributed by atoms with E-state index in [0.29, 0.717) is 17.5 Å². The van der Waals surface area contributed by atoms with Crippen LogP contribution in [0.2, 0.25) is 0 Å². The quantitative estimate of drug-likeness (QED) is 0.499. The second-order valence-corrected chi connectivity index (χ2v) is 10.1. The zero-order valence-corrected chi connectivity index (χ0v) is 19.1. The van der Waals surface area contributed by atoms with Crippen molar-refractivity contribution in [3.8, 4) is 0 Å². The second-order valence-electron chi connectivity index (χ2n) is 9.11. The number of hydrogen-bond donors (Lipinski definition) is 1. The van der Waals surface area contributed by atoms with Gasteiger partial charge in [-0.2, -0.15) is 4.98 Å². The number of rotatable bonds is 5. The average molecular weight is 443 g/mol. The highest BCUT2D eigenvalue weighted by Gasteiger charge is 2.40. The van der Waals surface area contributed by atoms with E-state index in [9.17, 15) is 4.79 Å². The van der Waals surface area contributed by atoms with E-state index in [1.807, 2.05) is 41.1 Å². The van der Waals surface area contributed by atoms with Gasteiger partial charge in [-0.05, 0) is 23.0 Å². The van der Waals surface area contributed by atoms with Gasteiger partial charge in [0.15, 0.2) is 5.78 Å². The van der Waals surface area contributed by atoms with Crippen molar-refractivity contribution >= 4 is 29.6 Å². The topological polar surface area (TPSA) is 59.8 Å². The van der Waals surface area contributed by atoms with Crippen LogP contribution in [0.3, 0.4) is 0 Å². The molecule has 2 aromatic carbocycles. The van der Waals surface area contributed by atoms with Crippen LogP contribution < -0.4 is 5.32 Å². The van der Waals surface area contributed by atoms with E-state index in [1.54, 1.807) is 11.8 Å². The summed E-state index contributed by atoms with van der Waals surface area (Å²) in [6.45, 7) is 4.29. The first-order valence-electron chi connectivity index (χ1n) is 10.9. The van der Waals surface area contributed by atoms with Gasteiger partial charge in [0.2, 0.25) is 11.1 Å². The zero-order valence-electron chi connectivity index (χ0n) is 18.3. The fourth-order valence-electron chi connectivity index (χ4n) is 4.36. The van der Waals surface area contributed by atoms with Gasteiger partial charge in [-0.25, -0.2) is 4.68 Å². The average Bonchev–Trinajstić information content (AvgIpc) is 3.18. The van der Waals surface area contributed by atoms with Gasteiger partial charge in [-0.15, -0.1) is 5.10 Å². The summed E-state index contributed by atoms with van der Waals surface area (Å²) < 4.78 is 1.86. The molecule has 162 valence electrons. The van der Waals surface area contributed by atoms with Gasteiger partial charge in [-0.3, -0.25) is 4.79 Å². The molecule has 1 atom stereocenters. The molecular weight excluding hydrogens is 416 g/mol. The first kappa shape index (κ1) is 20.8. The Bertz CT molecular complexity index is 1200. The number of allylic oxidation sites excluding steroid dienone is 3. The Kier molecular flexibility index (Phi) is 5.47. The highest BCUT2D eigenvalue weighted by atomic mass is 32.2. The smallest absolute Gasteiger partial charge is 0.227 e. The Morgan fingerprint density at radius 1 is 1.09 bits per heavy atom. The summed E-state index contributed by atoms with van der Waals surface area (Å²) in [7, 11) is 0. The van der Waals surface area contributed by atoms with Crippen molar-refractivity contribution in [1.82, 2.24) is 14.8 Å². The number of benzene rings is 2. The Morgan fingerprint density at radius 2 is 1.81 bits per heavy atom. The number of hydrogen-bond acceptors (Lipinski definition) is 5. The van der Waals surface area contributed by atoms with E-state index in [1.165, 1.54) is 5.56 Å². The number of thioether (sulfide) groups is 1. The molecule has 5 rings (SSSR count). The third kappa shape index (κ3) is 4.28. The van der Waals surface area contributed by atoms with Crippen LogP contribution >= 0.6 is 11.8 Å². The third-order valence-electron chi connectivity index (χ3n) is 5.84. The lowest BCUT2D eigenvalue weighted by molar-refractivity contribution is -0.118. The molecule has 1 aliphatic carbocycles. The number of anilines is 1. The van der Waals surface area contributed by atoms with Gasteiger partial charge in [0.1, 0.15) is 6.04 Å². The van der Waals surface area contributed by atoms with Gasteiger partial charge in [-0.1, -0.05) is 98.4 Å². The molecule has 0 bridgehead atoms. The van der Waals surface area contributed by atoms with Crippen molar-refractivity contribution in [2.24, 2.45) is 5.41 Å². The molecule has 0 fully saturated rings. The minimum atomic E-state index is -0.261. The summed E-state index contributed by atoms with van der Waals surface area (Å²) in [6, 6.07) is 20.2. The van der Waals surface area contributed by atoms with Crippen molar-refractivity contribution in [3.05, 3.63) is 89.1 Å². The summed E-state index contributed by atoms with van der Waals surface area (Å²) in [5.41, 5.74) is 4.05. The molecule has 5 nitrogen and oxygen atoms in total. The lowest BCUT2D eigenvalue weighted by Crippen LogP contribution is -2.35. The maximum atomic E-state index is 13.2. The van der Waals surface area contributed by atoms with Crippen LogP contribution in [0.4, 0.5) is 5.95 Å². The molecule has 1 aliphatic heterocycles. The summed E-state index contributed by atoms with van der Waals surface area (Å²) in [5.74, 6) is 1.69. The molecule has 2 heterocycles.